The molecule has 1 unspecified atom stereocenters. The molecule has 2 rings (SSSR count). The highest BCUT2D eigenvalue weighted by Gasteiger charge is 2.47. The highest BCUT2D eigenvalue weighted by Crippen LogP contribution is 2.46. The summed E-state index contributed by atoms with van der Waals surface area (Å²) in [6.07, 6.45) is 5.53. The quantitative estimate of drug-likeness (QED) is 0.867. The van der Waals surface area contributed by atoms with Crippen LogP contribution in [0.15, 0.2) is 6.20 Å². The summed E-state index contributed by atoms with van der Waals surface area (Å²) in [6.45, 7) is 6.23. The second-order valence-corrected chi connectivity index (χ2v) is 5.61. The summed E-state index contributed by atoms with van der Waals surface area (Å²) >= 11 is 0. The molecule has 1 aliphatic carbocycles. The number of rotatable bonds is 6. The number of methoxy groups -OCH3 is 1. The third kappa shape index (κ3) is 2.33. The Balaban J connectivity index is 2.41. The van der Waals surface area contributed by atoms with Gasteiger partial charge in [0.15, 0.2) is 5.75 Å². The van der Waals surface area contributed by atoms with Crippen molar-refractivity contribution in [3.8, 4) is 5.75 Å². The average Bonchev–Trinajstić information content (AvgIpc) is 3.07. The van der Waals surface area contributed by atoms with Gasteiger partial charge in [-0.15, -0.1) is 0 Å². The molecule has 1 aromatic heterocycles. The Morgan fingerprint density at radius 1 is 1.40 bits per heavy atom. The molecule has 0 radical (unpaired) electrons. The molecule has 0 aliphatic heterocycles. The summed E-state index contributed by atoms with van der Waals surface area (Å²) in [6, 6.07) is 0. The van der Waals surface area contributed by atoms with Crippen molar-refractivity contribution in [1.29, 1.82) is 0 Å². The van der Waals surface area contributed by atoms with Crippen molar-refractivity contribution in [2.24, 2.45) is 7.05 Å². The predicted octanol–water partition coefficient (Wildman–Crippen LogP) is 2.12. The summed E-state index contributed by atoms with van der Waals surface area (Å²) < 4.78 is 7.12. The van der Waals surface area contributed by atoms with E-state index < -0.39 is 6.10 Å². The van der Waals surface area contributed by atoms with Crippen molar-refractivity contribution < 1.29 is 9.84 Å². The van der Waals surface area contributed by atoms with Crippen molar-refractivity contribution in [3.63, 3.8) is 0 Å². The zero-order valence-corrected chi connectivity index (χ0v) is 13.1. The van der Waals surface area contributed by atoms with Gasteiger partial charge in [-0.05, 0) is 25.9 Å². The summed E-state index contributed by atoms with van der Waals surface area (Å²) in [5.74, 6) is 0.679. The number of aryl methyl sites for hydroxylation is 1. The van der Waals surface area contributed by atoms with Gasteiger partial charge in [0.1, 0.15) is 11.8 Å². The van der Waals surface area contributed by atoms with Gasteiger partial charge in [0.2, 0.25) is 0 Å². The second-order valence-electron chi connectivity index (χ2n) is 5.61. The molecule has 0 aromatic carbocycles. The molecule has 5 nitrogen and oxygen atoms in total. The molecule has 1 aliphatic rings. The van der Waals surface area contributed by atoms with E-state index >= 15 is 0 Å². The Labute approximate surface area is 121 Å². The lowest BCUT2D eigenvalue weighted by Crippen LogP contribution is -2.51. The Morgan fingerprint density at radius 2 is 2.00 bits per heavy atom. The average molecular weight is 281 g/mol. The van der Waals surface area contributed by atoms with E-state index in [-0.39, 0.29) is 5.54 Å². The van der Waals surface area contributed by atoms with Crippen LogP contribution in [0, 0.1) is 0 Å². The number of ether oxygens (including phenoxy) is 1. The Hall–Kier alpha value is -1.07. The Kier molecular flexibility index (Phi) is 4.70. The van der Waals surface area contributed by atoms with Crippen molar-refractivity contribution >= 4 is 0 Å². The van der Waals surface area contributed by atoms with Gasteiger partial charge in [-0.2, -0.15) is 5.10 Å². The van der Waals surface area contributed by atoms with Gasteiger partial charge in [0.05, 0.1) is 18.8 Å². The van der Waals surface area contributed by atoms with E-state index in [0.29, 0.717) is 5.75 Å². The van der Waals surface area contributed by atoms with Gasteiger partial charge in [-0.25, -0.2) is 0 Å². The Morgan fingerprint density at radius 3 is 2.50 bits per heavy atom. The van der Waals surface area contributed by atoms with E-state index in [1.807, 2.05) is 7.05 Å². The number of aliphatic hydroxyl groups excluding tert-OH is 1. The summed E-state index contributed by atoms with van der Waals surface area (Å²) in [5.41, 5.74) is 0.617. The molecule has 0 spiro atoms. The molecular weight excluding hydrogens is 254 g/mol. The van der Waals surface area contributed by atoms with Crippen molar-refractivity contribution in [3.05, 3.63) is 11.9 Å². The summed E-state index contributed by atoms with van der Waals surface area (Å²) in [7, 11) is 3.50. The maximum atomic E-state index is 11.1. The minimum Gasteiger partial charge on any atom is -0.493 e. The molecule has 20 heavy (non-hydrogen) atoms. The SMILES string of the molecule is CCN(CC)C1(C(O)c2c(OC)cnn2C)CCCC1. The lowest BCUT2D eigenvalue weighted by Gasteiger charge is -2.44. The van der Waals surface area contributed by atoms with Gasteiger partial charge in [0, 0.05) is 7.05 Å². The number of likely N-dealkylation sites (N-methyl/N-ethyl adjacent to an activating group) is 1. The van der Waals surface area contributed by atoms with E-state index in [1.165, 1.54) is 12.8 Å². The third-order valence-electron chi connectivity index (χ3n) is 4.80. The first-order valence-corrected chi connectivity index (χ1v) is 7.59. The zero-order chi connectivity index (χ0) is 14.8. The van der Waals surface area contributed by atoms with Crippen LogP contribution in [0.1, 0.15) is 51.3 Å². The van der Waals surface area contributed by atoms with E-state index in [4.69, 9.17) is 4.74 Å². The molecule has 0 saturated heterocycles. The van der Waals surface area contributed by atoms with Gasteiger partial charge >= 0.3 is 0 Å². The summed E-state index contributed by atoms with van der Waals surface area (Å²) in [5, 5.41) is 15.3. The minimum atomic E-state index is -0.563. The van der Waals surface area contributed by atoms with Crippen LogP contribution in [0.3, 0.4) is 0 Å². The molecule has 1 heterocycles. The fourth-order valence-electron chi connectivity index (χ4n) is 3.75. The van der Waals surface area contributed by atoms with Crippen LogP contribution >= 0.6 is 0 Å². The van der Waals surface area contributed by atoms with Gasteiger partial charge in [-0.1, -0.05) is 26.7 Å². The van der Waals surface area contributed by atoms with Gasteiger partial charge < -0.3 is 9.84 Å². The molecule has 0 amide bonds. The third-order valence-corrected chi connectivity index (χ3v) is 4.80. The molecule has 1 fully saturated rings. The minimum absolute atomic E-state index is 0.176. The fourth-order valence-corrected chi connectivity index (χ4v) is 3.75. The smallest absolute Gasteiger partial charge is 0.162 e. The molecule has 114 valence electrons. The van der Waals surface area contributed by atoms with Crippen molar-refractivity contribution in [2.75, 3.05) is 20.2 Å². The van der Waals surface area contributed by atoms with Crippen LogP contribution in [0.4, 0.5) is 0 Å². The number of nitrogens with zero attached hydrogens (tertiary/aromatic N) is 3. The van der Waals surface area contributed by atoms with Crippen molar-refractivity contribution in [1.82, 2.24) is 14.7 Å². The number of hydrogen-bond acceptors (Lipinski definition) is 4. The fraction of sp³-hybridized carbons (Fsp3) is 0.800. The standard InChI is InChI=1S/C15H27N3O2/c1-5-18(6-2)15(9-7-8-10-15)14(19)13-12(20-4)11-16-17(13)3/h11,14,19H,5-10H2,1-4H3. The first-order valence-electron chi connectivity index (χ1n) is 7.59. The van der Waals surface area contributed by atoms with E-state index in [9.17, 15) is 5.11 Å². The van der Waals surface area contributed by atoms with Crippen LogP contribution in [-0.2, 0) is 7.05 Å². The number of aliphatic hydroxyl groups is 1. The van der Waals surface area contributed by atoms with Crippen LogP contribution < -0.4 is 4.74 Å². The maximum Gasteiger partial charge on any atom is 0.162 e. The van der Waals surface area contributed by atoms with Crippen LogP contribution in [-0.4, -0.2) is 45.5 Å². The van der Waals surface area contributed by atoms with Crippen molar-refractivity contribution in [2.45, 2.75) is 51.2 Å². The predicted molar refractivity (Wildman–Crippen MR) is 78.8 cm³/mol. The number of hydrogen-bond donors (Lipinski definition) is 1. The van der Waals surface area contributed by atoms with Crippen LogP contribution in [0.2, 0.25) is 0 Å². The molecule has 0 bridgehead atoms. The van der Waals surface area contributed by atoms with Gasteiger partial charge in [-0.3, -0.25) is 9.58 Å². The molecule has 5 heteroatoms. The zero-order valence-electron chi connectivity index (χ0n) is 13.1. The van der Waals surface area contributed by atoms with Crippen LogP contribution in [0.25, 0.3) is 0 Å². The molecule has 1 aromatic rings. The second kappa shape index (κ2) is 6.14. The van der Waals surface area contributed by atoms with Gasteiger partial charge in [0.25, 0.3) is 0 Å². The normalized spacial score (nSPS) is 19.5. The lowest BCUT2D eigenvalue weighted by atomic mass is 9.85. The van der Waals surface area contributed by atoms with E-state index in [1.54, 1.807) is 18.0 Å². The van der Waals surface area contributed by atoms with E-state index in [2.05, 4.69) is 23.8 Å². The molecular formula is C15H27N3O2. The lowest BCUT2D eigenvalue weighted by molar-refractivity contribution is -0.0318. The molecule has 1 N–H and O–H groups in total. The first kappa shape index (κ1) is 15.3. The van der Waals surface area contributed by atoms with E-state index in [0.717, 1.165) is 31.6 Å². The van der Waals surface area contributed by atoms with Crippen LogP contribution in [0.5, 0.6) is 5.75 Å². The topological polar surface area (TPSA) is 50.5 Å². The highest BCUT2D eigenvalue weighted by molar-refractivity contribution is 5.30. The largest absolute Gasteiger partial charge is 0.493 e. The number of aromatic nitrogens is 2. The maximum absolute atomic E-state index is 11.1. The summed E-state index contributed by atoms with van der Waals surface area (Å²) in [4.78, 5) is 2.40. The Bertz CT molecular complexity index is 434. The molecule has 1 atom stereocenters. The highest BCUT2D eigenvalue weighted by atomic mass is 16.5. The molecule has 1 saturated carbocycles. The monoisotopic (exact) mass is 281 g/mol. The first-order chi connectivity index (χ1) is 9.60.